The molecule has 1 aliphatic heterocycles. The lowest BCUT2D eigenvalue weighted by Crippen LogP contribution is -2.17. The van der Waals surface area contributed by atoms with E-state index in [0.717, 1.165) is 0 Å². The fourth-order valence-corrected chi connectivity index (χ4v) is 2.16. The normalized spacial score (nSPS) is 16.9. The van der Waals surface area contributed by atoms with Crippen LogP contribution in [0.25, 0.3) is 0 Å². The Morgan fingerprint density at radius 3 is 2.41 bits per heavy atom. The first kappa shape index (κ1) is 14.2. The van der Waals surface area contributed by atoms with Crippen molar-refractivity contribution in [2.45, 2.75) is 12.6 Å². The van der Waals surface area contributed by atoms with Gasteiger partial charge >= 0.3 is 12.3 Å². The fourth-order valence-electron chi connectivity index (χ4n) is 2.16. The second-order valence-corrected chi connectivity index (χ2v) is 4.59. The van der Waals surface area contributed by atoms with E-state index in [9.17, 15) is 18.0 Å². The number of esters is 1. The first-order chi connectivity index (χ1) is 10.4. The van der Waals surface area contributed by atoms with Crippen molar-refractivity contribution in [2.24, 2.45) is 0 Å². The average molecular weight is 309 g/mol. The predicted molar refractivity (Wildman–Crippen MR) is 71.3 cm³/mol. The Bertz CT molecular complexity index is 698. The summed E-state index contributed by atoms with van der Waals surface area (Å²) < 4.78 is 45.2. The molecule has 2 aromatic carbocycles. The standard InChI is InChI=1S/C15H10F3NO3/c16-15(17,18)22-10-7-5-9(6-8-10)19-13-11-3-1-2-4-12(11)14(20)21-13/h1-8,13,19H. The van der Waals surface area contributed by atoms with Crippen LogP contribution in [0.5, 0.6) is 5.75 Å². The van der Waals surface area contributed by atoms with Crippen molar-refractivity contribution in [3.8, 4) is 5.75 Å². The summed E-state index contributed by atoms with van der Waals surface area (Å²) in [5.74, 6) is -0.757. The molecule has 0 saturated heterocycles. The van der Waals surface area contributed by atoms with E-state index in [-0.39, 0.29) is 5.75 Å². The molecule has 3 rings (SSSR count). The van der Waals surface area contributed by atoms with Gasteiger partial charge in [-0.1, -0.05) is 18.2 Å². The first-order valence-corrected chi connectivity index (χ1v) is 6.35. The minimum absolute atomic E-state index is 0.318. The molecule has 1 aliphatic rings. The maximum Gasteiger partial charge on any atom is 0.573 e. The number of hydrogen-bond acceptors (Lipinski definition) is 4. The van der Waals surface area contributed by atoms with E-state index in [1.807, 2.05) is 0 Å². The van der Waals surface area contributed by atoms with Crippen molar-refractivity contribution >= 4 is 11.7 Å². The van der Waals surface area contributed by atoms with Crippen molar-refractivity contribution in [1.82, 2.24) is 0 Å². The van der Waals surface area contributed by atoms with Gasteiger partial charge in [0, 0.05) is 11.3 Å². The molecule has 1 heterocycles. The second-order valence-electron chi connectivity index (χ2n) is 4.59. The molecule has 0 bridgehead atoms. The number of hydrogen-bond donors (Lipinski definition) is 1. The monoisotopic (exact) mass is 309 g/mol. The highest BCUT2D eigenvalue weighted by molar-refractivity contribution is 5.94. The van der Waals surface area contributed by atoms with Gasteiger partial charge in [0.05, 0.1) is 5.56 Å². The molecule has 0 spiro atoms. The molecule has 4 nitrogen and oxygen atoms in total. The number of nitrogens with one attached hydrogen (secondary N) is 1. The third kappa shape index (κ3) is 2.98. The zero-order chi connectivity index (χ0) is 15.7. The molecule has 1 unspecified atom stereocenters. The number of rotatable bonds is 3. The summed E-state index contributed by atoms with van der Waals surface area (Å²) in [6.45, 7) is 0. The Kier molecular flexibility index (Phi) is 3.40. The van der Waals surface area contributed by atoms with Gasteiger partial charge in [0.1, 0.15) is 5.75 Å². The maximum atomic E-state index is 12.1. The number of carbonyl (C=O) groups is 1. The summed E-state index contributed by atoms with van der Waals surface area (Å²) in [4.78, 5) is 11.7. The van der Waals surface area contributed by atoms with Gasteiger partial charge in [-0.3, -0.25) is 0 Å². The molecule has 0 saturated carbocycles. The highest BCUT2D eigenvalue weighted by Crippen LogP contribution is 2.32. The minimum atomic E-state index is -4.73. The summed E-state index contributed by atoms with van der Waals surface area (Å²) in [5, 5.41) is 2.94. The van der Waals surface area contributed by atoms with Crippen molar-refractivity contribution in [3.63, 3.8) is 0 Å². The van der Waals surface area contributed by atoms with Crippen LogP contribution in [0.2, 0.25) is 0 Å². The van der Waals surface area contributed by atoms with Gasteiger partial charge in [0.25, 0.3) is 0 Å². The number of carbonyl (C=O) groups excluding carboxylic acids is 1. The third-order valence-electron chi connectivity index (χ3n) is 3.07. The van der Waals surface area contributed by atoms with E-state index in [4.69, 9.17) is 4.74 Å². The summed E-state index contributed by atoms with van der Waals surface area (Å²) in [5.41, 5.74) is 1.66. The molecule has 0 amide bonds. The van der Waals surface area contributed by atoms with Crippen molar-refractivity contribution in [3.05, 3.63) is 59.7 Å². The molecule has 0 aliphatic carbocycles. The Hall–Kier alpha value is -2.70. The van der Waals surface area contributed by atoms with Crippen molar-refractivity contribution < 1.29 is 27.4 Å². The molecule has 0 fully saturated rings. The van der Waals surface area contributed by atoms with Gasteiger partial charge in [0.15, 0.2) is 0 Å². The maximum absolute atomic E-state index is 12.1. The molecule has 1 atom stereocenters. The third-order valence-corrected chi connectivity index (χ3v) is 3.07. The van der Waals surface area contributed by atoms with Crippen LogP contribution in [-0.2, 0) is 4.74 Å². The highest BCUT2D eigenvalue weighted by atomic mass is 19.4. The Morgan fingerprint density at radius 2 is 1.73 bits per heavy atom. The molecule has 0 radical (unpaired) electrons. The quantitative estimate of drug-likeness (QED) is 0.875. The summed E-state index contributed by atoms with van der Waals surface area (Å²) in [6.07, 6.45) is -5.40. The topological polar surface area (TPSA) is 47.6 Å². The highest BCUT2D eigenvalue weighted by Gasteiger charge is 2.32. The van der Waals surface area contributed by atoms with Gasteiger partial charge in [-0.15, -0.1) is 13.2 Å². The summed E-state index contributed by atoms with van der Waals surface area (Å²) in [6, 6.07) is 12.1. The van der Waals surface area contributed by atoms with Gasteiger partial charge in [-0.05, 0) is 30.3 Å². The summed E-state index contributed by atoms with van der Waals surface area (Å²) in [7, 11) is 0. The summed E-state index contributed by atoms with van der Waals surface area (Å²) >= 11 is 0. The zero-order valence-electron chi connectivity index (χ0n) is 11.1. The van der Waals surface area contributed by atoms with E-state index in [2.05, 4.69) is 10.1 Å². The largest absolute Gasteiger partial charge is 0.573 e. The average Bonchev–Trinajstić information content (AvgIpc) is 2.77. The van der Waals surface area contributed by atoms with Gasteiger partial charge < -0.3 is 14.8 Å². The van der Waals surface area contributed by atoms with E-state index in [1.54, 1.807) is 24.3 Å². The number of halogens is 3. The smallest absolute Gasteiger partial charge is 0.434 e. The molecule has 7 heteroatoms. The molecule has 22 heavy (non-hydrogen) atoms. The molecular formula is C15H10F3NO3. The molecular weight excluding hydrogens is 299 g/mol. The van der Waals surface area contributed by atoms with Gasteiger partial charge in [0.2, 0.25) is 6.23 Å². The van der Waals surface area contributed by atoms with Crippen LogP contribution in [0.4, 0.5) is 18.9 Å². The number of alkyl halides is 3. The number of ether oxygens (including phenoxy) is 2. The van der Waals surface area contributed by atoms with Crippen LogP contribution in [0.3, 0.4) is 0 Å². The Balaban J connectivity index is 1.74. The van der Waals surface area contributed by atoms with Crippen LogP contribution < -0.4 is 10.1 Å². The molecule has 2 aromatic rings. The zero-order valence-corrected chi connectivity index (χ0v) is 11.1. The number of benzene rings is 2. The minimum Gasteiger partial charge on any atom is -0.434 e. The molecule has 114 valence electrons. The number of fused-ring (bicyclic) bond motifs is 1. The predicted octanol–water partition coefficient (Wildman–Crippen LogP) is 3.87. The number of anilines is 1. The van der Waals surface area contributed by atoms with E-state index < -0.39 is 18.6 Å². The lowest BCUT2D eigenvalue weighted by molar-refractivity contribution is -0.274. The van der Waals surface area contributed by atoms with Crippen molar-refractivity contribution in [2.75, 3.05) is 5.32 Å². The van der Waals surface area contributed by atoms with Crippen LogP contribution in [0.1, 0.15) is 22.1 Å². The first-order valence-electron chi connectivity index (χ1n) is 6.35. The van der Waals surface area contributed by atoms with E-state index in [0.29, 0.717) is 16.8 Å². The van der Waals surface area contributed by atoms with E-state index in [1.165, 1.54) is 24.3 Å². The lowest BCUT2D eigenvalue weighted by atomic mass is 10.1. The lowest BCUT2D eigenvalue weighted by Gasteiger charge is -2.15. The number of cyclic esters (lactones) is 1. The van der Waals surface area contributed by atoms with Crippen LogP contribution in [0.15, 0.2) is 48.5 Å². The van der Waals surface area contributed by atoms with Crippen molar-refractivity contribution in [1.29, 1.82) is 0 Å². The second kappa shape index (κ2) is 5.25. The van der Waals surface area contributed by atoms with Gasteiger partial charge in [-0.2, -0.15) is 0 Å². The van der Waals surface area contributed by atoms with Crippen LogP contribution in [-0.4, -0.2) is 12.3 Å². The fraction of sp³-hybridized carbons (Fsp3) is 0.133. The van der Waals surface area contributed by atoms with Gasteiger partial charge in [-0.25, -0.2) is 4.79 Å². The van der Waals surface area contributed by atoms with Crippen LogP contribution >= 0.6 is 0 Å². The SMILES string of the molecule is O=C1OC(Nc2ccc(OC(F)(F)F)cc2)c2ccccc21. The van der Waals surface area contributed by atoms with Crippen LogP contribution in [0, 0.1) is 0 Å². The molecule has 1 N–H and O–H groups in total. The van der Waals surface area contributed by atoms with E-state index >= 15 is 0 Å². The Labute approximate surface area is 123 Å². The molecule has 0 aromatic heterocycles. The Morgan fingerprint density at radius 1 is 1.05 bits per heavy atom.